The van der Waals surface area contributed by atoms with Gasteiger partial charge in [-0.2, -0.15) is 13.2 Å². The first-order valence-electron chi connectivity index (χ1n) is 6.63. The molecular weight excluding hydrogens is 271 g/mol. The van der Waals surface area contributed by atoms with Crippen LogP contribution in [0.15, 0.2) is 22.2 Å². The van der Waals surface area contributed by atoms with Crippen LogP contribution in [-0.4, -0.2) is 35.9 Å². The van der Waals surface area contributed by atoms with Gasteiger partial charge in [-0.3, -0.25) is 4.90 Å². The highest BCUT2D eigenvalue weighted by atomic mass is 19.4. The highest BCUT2D eigenvalue weighted by molar-refractivity contribution is 5.14. The van der Waals surface area contributed by atoms with E-state index in [9.17, 15) is 13.2 Å². The summed E-state index contributed by atoms with van der Waals surface area (Å²) in [6, 6.07) is 1.84. The number of halogens is 3. The summed E-state index contributed by atoms with van der Waals surface area (Å²) in [6.45, 7) is 4.64. The average molecular weight is 289 g/mol. The van der Waals surface area contributed by atoms with E-state index in [1.807, 2.05) is 17.9 Å². The first kappa shape index (κ1) is 15.1. The molecule has 2 heterocycles. The minimum atomic E-state index is -4.20. The zero-order valence-corrected chi connectivity index (χ0v) is 11.3. The molecule has 0 saturated carbocycles. The van der Waals surface area contributed by atoms with Gasteiger partial charge in [0.15, 0.2) is 5.76 Å². The van der Waals surface area contributed by atoms with Crippen LogP contribution in [0.25, 0.3) is 0 Å². The van der Waals surface area contributed by atoms with Gasteiger partial charge < -0.3 is 9.84 Å². The van der Waals surface area contributed by atoms with Crippen molar-refractivity contribution in [3.63, 3.8) is 0 Å². The summed E-state index contributed by atoms with van der Waals surface area (Å²) in [6.07, 6.45) is -2.92. The number of hydrogen-bond donors (Lipinski definition) is 1. The fraction of sp³-hybridized carbons (Fsp3) is 0.615. The third-order valence-corrected chi connectivity index (χ3v) is 3.20. The Morgan fingerprint density at radius 2 is 2.25 bits per heavy atom. The molecule has 0 unspecified atom stereocenters. The Kier molecular flexibility index (Phi) is 4.82. The Labute approximate surface area is 115 Å². The van der Waals surface area contributed by atoms with Crippen LogP contribution in [0.4, 0.5) is 13.2 Å². The van der Waals surface area contributed by atoms with E-state index in [2.05, 4.69) is 10.5 Å². The zero-order valence-electron chi connectivity index (χ0n) is 11.3. The van der Waals surface area contributed by atoms with E-state index in [-0.39, 0.29) is 13.0 Å². The molecule has 0 atom stereocenters. The molecule has 0 saturated heterocycles. The third kappa shape index (κ3) is 4.08. The van der Waals surface area contributed by atoms with Crippen LogP contribution < -0.4 is 5.32 Å². The molecule has 0 aromatic carbocycles. The van der Waals surface area contributed by atoms with E-state index < -0.39 is 11.7 Å². The topological polar surface area (TPSA) is 41.3 Å². The summed E-state index contributed by atoms with van der Waals surface area (Å²) in [4.78, 5) is 1.91. The van der Waals surface area contributed by atoms with Crippen molar-refractivity contribution in [2.45, 2.75) is 32.6 Å². The van der Waals surface area contributed by atoms with Crippen LogP contribution in [-0.2, 0) is 13.1 Å². The van der Waals surface area contributed by atoms with Crippen molar-refractivity contribution in [2.75, 3.05) is 19.6 Å². The van der Waals surface area contributed by atoms with E-state index >= 15 is 0 Å². The van der Waals surface area contributed by atoms with E-state index in [1.54, 1.807) is 0 Å². The molecule has 0 bridgehead atoms. The summed E-state index contributed by atoms with van der Waals surface area (Å²) in [5, 5.41) is 7.05. The Morgan fingerprint density at radius 3 is 2.85 bits per heavy atom. The molecule has 20 heavy (non-hydrogen) atoms. The number of alkyl halides is 3. The Bertz CT molecular complexity index is 468. The fourth-order valence-electron chi connectivity index (χ4n) is 2.10. The quantitative estimate of drug-likeness (QED) is 0.846. The molecule has 0 aliphatic carbocycles. The fourth-order valence-corrected chi connectivity index (χ4v) is 2.10. The molecule has 4 nitrogen and oxygen atoms in total. The molecule has 1 aromatic rings. The second-order valence-electron chi connectivity index (χ2n) is 4.78. The predicted molar refractivity (Wildman–Crippen MR) is 67.9 cm³/mol. The molecule has 0 radical (unpaired) electrons. The minimum Gasteiger partial charge on any atom is -0.360 e. The molecular formula is C13H18F3N3O. The summed E-state index contributed by atoms with van der Waals surface area (Å²) in [7, 11) is 0. The van der Waals surface area contributed by atoms with Crippen LogP contribution in [0.5, 0.6) is 0 Å². The van der Waals surface area contributed by atoms with E-state index in [1.165, 1.54) is 6.08 Å². The largest absolute Gasteiger partial charge is 0.412 e. The highest BCUT2D eigenvalue weighted by Gasteiger charge is 2.34. The Hall–Kier alpha value is -1.34. The maximum Gasteiger partial charge on any atom is 0.412 e. The molecule has 1 aromatic heterocycles. The molecule has 2 rings (SSSR count). The van der Waals surface area contributed by atoms with Crippen LogP contribution in [0.1, 0.15) is 24.8 Å². The monoisotopic (exact) mass is 289 g/mol. The lowest BCUT2D eigenvalue weighted by atomic mass is 10.1. The van der Waals surface area contributed by atoms with E-state index in [0.29, 0.717) is 25.4 Å². The first-order valence-corrected chi connectivity index (χ1v) is 6.63. The molecule has 1 N–H and O–H groups in total. The normalized spacial score (nSPS) is 17.3. The lowest BCUT2D eigenvalue weighted by molar-refractivity contribution is -0.0961. The van der Waals surface area contributed by atoms with Crippen LogP contribution in [0.3, 0.4) is 0 Å². The highest BCUT2D eigenvalue weighted by Crippen LogP contribution is 2.30. The van der Waals surface area contributed by atoms with Crippen LogP contribution >= 0.6 is 0 Å². The van der Waals surface area contributed by atoms with Gasteiger partial charge >= 0.3 is 6.18 Å². The zero-order chi connectivity index (χ0) is 14.6. The van der Waals surface area contributed by atoms with Crippen LogP contribution in [0, 0.1) is 0 Å². The van der Waals surface area contributed by atoms with Crippen molar-refractivity contribution in [3.05, 3.63) is 29.2 Å². The maximum atomic E-state index is 12.5. The number of aromatic nitrogens is 1. The Morgan fingerprint density at radius 1 is 1.45 bits per heavy atom. The molecule has 0 spiro atoms. The molecule has 1 aliphatic heterocycles. The summed E-state index contributed by atoms with van der Waals surface area (Å²) in [5.74, 6) is 0.682. The van der Waals surface area contributed by atoms with Gasteiger partial charge in [0.05, 0.1) is 12.2 Å². The SMILES string of the molecule is CCNCc1cc(CN2CC=C(C(F)(F)F)CC2)on1. The standard InChI is InChI=1S/C13H18F3N3O/c1-2-17-8-11-7-12(20-18-11)9-19-5-3-10(4-6-19)13(14,15)16/h3,7,17H,2,4-6,8-9H2,1H3. The molecule has 1 aliphatic rings. The number of nitrogens with zero attached hydrogens (tertiary/aromatic N) is 2. The smallest absolute Gasteiger partial charge is 0.360 e. The van der Waals surface area contributed by atoms with Gasteiger partial charge in [-0.1, -0.05) is 18.2 Å². The van der Waals surface area contributed by atoms with Gasteiger partial charge in [0.25, 0.3) is 0 Å². The number of hydrogen-bond acceptors (Lipinski definition) is 4. The minimum absolute atomic E-state index is 0.0296. The van der Waals surface area contributed by atoms with Crippen molar-refractivity contribution in [3.8, 4) is 0 Å². The predicted octanol–water partition coefficient (Wildman–Crippen LogP) is 2.48. The van der Waals surface area contributed by atoms with Crippen molar-refractivity contribution in [2.24, 2.45) is 0 Å². The van der Waals surface area contributed by atoms with Crippen LogP contribution in [0.2, 0.25) is 0 Å². The van der Waals surface area contributed by atoms with E-state index in [4.69, 9.17) is 4.52 Å². The lowest BCUT2D eigenvalue weighted by Crippen LogP contribution is -2.31. The second-order valence-corrected chi connectivity index (χ2v) is 4.78. The summed E-state index contributed by atoms with van der Waals surface area (Å²) >= 11 is 0. The Balaban J connectivity index is 1.86. The first-order chi connectivity index (χ1) is 9.49. The van der Waals surface area contributed by atoms with Gasteiger partial charge in [0.2, 0.25) is 0 Å². The molecule has 0 fully saturated rings. The van der Waals surface area contributed by atoms with Gasteiger partial charge in [-0.25, -0.2) is 0 Å². The van der Waals surface area contributed by atoms with Crippen molar-refractivity contribution >= 4 is 0 Å². The molecule has 7 heteroatoms. The second kappa shape index (κ2) is 6.41. The lowest BCUT2D eigenvalue weighted by Gasteiger charge is -2.25. The van der Waals surface area contributed by atoms with Gasteiger partial charge in [0, 0.05) is 31.3 Å². The van der Waals surface area contributed by atoms with Crippen molar-refractivity contribution in [1.82, 2.24) is 15.4 Å². The van der Waals surface area contributed by atoms with Crippen molar-refractivity contribution < 1.29 is 17.7 Å². The average Bonchev–Trinajstić information content (AvgIpc) is 2.83. The third-order valence-electron chi connectivity index (χ3n) is 3.20. The number of nitrogens with one attached hydrogen (secondary N) is 1. The summed E-state index contributed by atoms with van der Waals surface area (Å²) in [5.41, 5.74) is 0.379. The van der Waals surface area contributed by atoms with E-state index in [0.717, 1.165) is 12.2 Å². The van der Waals surface area contributed by atoms with Gasteiger partial charge in [0.1, 0.15) is 0 Å². The maximum absolute atomic E-state index is 12.5. The summed E-state index contributed by atoms with van der Waals surface area (Å²) < 4.78 is 42.7. The number of rotatable bonds is 5. The van der Waals surface area contributed by atoms with Gasteiger partial charge in [-0.15, -0.1) is 0 Å². The van der Waals surface area contributed by atoms with Crippen molar-refractivity contribution in [1.29, 1.82) is 0 Å². The molecule has 112 valence electrons. The molecule has 0 amide bonds. The van der Waals surface area contributed by atoms with Gasteiger partial charge in [-0.05, 0) is 13.0 Å².